The lowest BCUT2D eigenvalue weighted by Crippen LogP contribution is -2.41. The minimum atomic E-state index is -3.54. The second-order valence-electron chi connectivity index (χ2n) is 5.28. The average molecular weight is 300 g/mol. The first kappa shape index (κ1) is 17.1. The van der Waals surface area contributed by atoms with Gasteiger partial charge in [-0.3, -0.25) is 0 Å². The summed E-state index contributed by atoms with van der Waals surface area (Å²) in [5.74, 6) is 0.146. The molecule has 0 aliphatic heterocycles. The number of nitrogens with two attached hydrogens (primary N) is 1. The number of benzene rings is 1. The van der Waals surface area contributed by atoms with Crippen molar-refractivity contribution in [2.45, 2.75) is 37.8 Å². The van der Waals surface area contributed by atoms with Gasteiger partial charge in [0.1, 0.15) is 0 Å². The molecule has 1 aromatic carbocycles. The lowest BCUT2D eigenvalue weighted by molar-refractivity contribution is 0.157. The summed E-state index contributed by atoms with van der Waals surface area (Å²) in [4.78, 5) is 0.239. The van der Waals surface area contributed by atoms with Crippen molar-refractivity contribution in [1.29, 1.82) is 0 Å². The van der Waals surface area contributed by atoms with E-state index in [1.165, 1.54) is 0 Å². The average Bonchev–Trinajstić information content (AvgIpc) is 2.38. The normalized spacial score (nSPS) is 15.3. The third-order valence-corrected chi connectivity index (χ3v) is 4.68. The van der Waals surface area contributed by atoms with Crippen molar-refractivity contribution in [3.8, 4) is 0 Å². The molecule has 0 aromatic heterocycles. The van der Waals surface area contributed by atoms with E-state index >= 15 is 0 Å². The highest BCUT2D eigenvalue weighted by Gasteiger charge is 2.22. The van der Waals surface area contributed by atoms with Crippen LogP contribution in [0.2, 0.25) is 0 Å². The number of nitrogens with one attached hydrogen (secondary N) is 1. The van der Waals surface area contributed by atoms with Crippen LogP contribution in [0.15, 0.2) is 29.2 Å². The van der Waals surface area contributed by atoms with Crippen LogP contribution in [-0.2, 0) is 14.8 Å². The van der Waals surface area contributed by atoms with Crippen LogP contribution < -0.4 is 10.5 Å². The fourth-order valence-corrected chi connectivity index (χ4v) is 3.13. The van der Waals surface area contributed by atoms with Gasteiger partial charge in [-0.15, -0.1) is 0 Å². The van der Waals surface area contributed by atoms with Crippen molar-refractivity contribution in [3.63, 3.8) is 0 Å². The van der Waals surface area contributed by atoms with Crippen molar-refractivity contribution < 1.29 is 13.2 Å². The van der Waals surface area contributed by atoms with Crippen LogP contribution in [-0.4, -0.2) is 28.2 Å². The first-order chi connectivity index (χ1) is 9.27. The summed E-state index contributed by atoms with van der Waals surface area (Å²) in [5, 5.41) is 0. The number of hydrogen-bond acceptors (Lipinski definition) is 4. The van der Waals surface area contributed by atoms with Crippen LogP contribution in [0.1, 0.15) is 32.4 Å². The fraction of sp³-hybridized carbons (Fsp3) is 0.571. The Morgan fingerprint density at radius 3 is 2.15 bits per heavy atom. The van der Waals surface area contributed by atoms with Gasteiger partial charge in [-0.25, -0.2) is 13.1 Å². The molecule has 0 heterocycles. The molecule has 20 heavy (non-hydrogen) atoms. The maximum absolute atomic E-state index is 12.3. The van der Waals surface area contributed by atoms with E-state index in [0.717, 1.165) is 5.56 Å². The number of hydrogen-bond donors (Lipinski definition) is 2. The third-order valence-electron chi connectivity index (χ3n) is 3.17. The topological polar surface area (TPSA) is 81.4 Å². The summed E-state index contributed by atoms with van der Waals surface area (Å²) in [5.41, 5.74) is 6.66. The summed E-state index contributed by atoms with van der Waals surface area (Å²) < 4.78 is 32.3. The van der Waals surface area contributed by atoms with Crippen molar-refractivity contribution in [3.05, 3.63) is 29.8 Å². The number of sulfonamides is 1. The highest BCUT2D eigenvalue weighted by molar-refractivity contribution is 7.89. The maximum atomic E-state index is 12.3. The molecule has 0 bridgehead atoms. The van der Waals surface area contributed by atoms with Crippen LogP contribution in [0.5, 0.6) is 0 Å². The predicted molar refractivity (Wildman–Crippen MR) is 79.9 cm³/mol. The molecule has 114 valence electrons. The molecule has 6 heteroatoms. The van der Waals surface area contributed by atoms with E-state index in [0.29, 0.717) is 6.61 Å². The van der Waals surface area contributed by atoms with E-state index in [1.54, 1.807) is 31.4 Å². The maximum Gasteiger partial charge on any atom is 0.240 e. The van der Waals surface area contributed by atoms with Gasteiger partial charge in [0, 0.05) is 19.2 Å². The molecule has 0 radical (unpaired) electrons. The molecule has 0 spiro atoms. The summed E-state index contributed by atoms with van der Waals surface area (Å²) in [6.45, 7) is 6.10. The quantitative estimate of drug-likeness (QED) is 0.802. The summed E-state index contributed by atoms with van der Waals surface area (Å²) >= 11 is 0. The van der Waals surface area contributed by atoms with Gasteiger partial charge in [0.25, 0.3) is 0 Å². The minimum absolute atomic E-state index is 0.114. The fourth-order valence-electron chi connectivity index (χ4n) is 1.76. The Hall–Kier alpha value is -0.950. The Morgan fingerprint density at radius 2 is 1.75 bits per heavy atom. The Kier molecular flexibility index (Phi) is 6.13. The first-order valence-corrected chi connectivity index (χ1v) is 8.13. The summed E-state index contributed by atoms with van der Waals surface area (Å²) in [7, 11) is -1.98. The monoisotopic (exact) mass is 300 g/mol. The second-order valence-corrected chi connectivity index (χ2v) is 7.00. The third kappa shape index (κ3) is 4.56. The zero-order chi connectivity index (χ0) is 15.3. The smallest absolute Gasteiger partial charge is 0.240 e. The van der Waals surface area contributed by atoms with Gasteiger partial charge in [0.2, 0.25) is 10.0 Å². The van der Waals surface area contributed by atoms with E-state index in [9.17, 15) is 8.42 Å². The van der Waals surface area contributed by atoms with Crippen molar-refractivity contribution in [2.75, 3.05) is 13.7 Å². The van der Waals surface area contributed by atoms with Crippen LogP contribution >= 0.6 is 0 Å². The summed E-state index contributed by atoms with van der Waals surface area (Å²) in [6.07, 6.45) is 0. The molecular weight excluding hydrogens is 276 g/mol. The number of ether oxygens (including phenoxy) is 1. The Morgan fingerprint density at radius 1 is 1.20 bits per heavy atom. The molecule has 0 saturated carbocycles. The van der Waals surface area contributed by atoms with Gasteiger partial charge < -0.3 is 10.5 Å². The van der Waals surface area contributed by atoms with Gasteiger partial charge in [-0.1, -0.05) is 26.0 Å². The lowest BCUT2D eigenvalue weighted by atomic mass is 10.1. The van der Waals surface area contributed by atoms with Crippen LogP contribution in [0.25, 0.3) is 0 Å². The largest absolute Gasteiger partial charge is 0.383 e. The van der Waals surface area contributed by atoms with Crippen molar-refractivity contribution in [1.82, 2.24) is 4.72 Å². The minimum Gasteiger partial charge on any atom is -0.383 e. The van der Waals surface area contributed by atoms with E-state index in [-0.39, 0.29) is 22.9 Å². The lowest BCUT2D eigenvalue weighted by Gasteiger charge is -2.21. The van der Waals surface area contributed by atoms with E-state index in [4.69, 9.17) is 10.5 Å². The van der Waals surface area contributed by atoms with Gasteiger partial charge in [0.15, 0.2) is 0 Å². The van der Waals surface area contributed by atoms with Crippen molar-refractivity contribution >= 4 is 10.0 Å². The highest BCUT2D eigenvalue weighted by atomic mass is 32.2. The Bertz CT molecular complexity index is 510. The number of rotatable bonds is 7. The molecule has 1 rings (SSSR count). The van der Waals surface area contributed by atoms with E-state index in [1.807, 2.05) is 20.8 Å². The molecule has 2 unspecified atom stereocenters. The highest BCUT2D eigenvalue weighted by Crippen LogP contribution is 2.16. The van der Waals surface area contributed by atoms with Crippen LogP contribution in [0.4, 0.5) is 0 Å². The standard InChI is InChI=1S/C14H24N2O3S/c1-10(2)14(9-19-4)16-20(17,18)13-7-5-12(6-8-13)11(3)15/h5-8,10-11,14,16H,9,15H2,1-4H3. The Balaban J connectivity index is 2.92. The zero-order valence-corrected chi connectivity index (χ0v) is 13.3. The van der Waals surface area contributed by atoms with Gasteiger partial charge in [-0.05, 0) is 30.5 Å². The molecule has 5 nitrogen and oxygen atoms in total. The zero-order valence-electron chi connectivity index (χ0n) is 12.5. The Labute approximate surface area is 121 Å². The van der Waals surface area contributed by atoms with Gasteiger partial charge in [-0.2, -0.15) is 0 Å². The summed E-state index contributed by atoms with van der Waals surface area (Å²) in [6, 6.07) is 6.26. The molecule has 0 aliphatic rings. The SMILES string of the molecule is COCC(NS(=O)(=O)c1ccc(C(C)N)cc1)C(C)C. The molecule has 0 saturated heterocycles. The van der Waals surface area contributed by atoms with Gasteiger partial charge in [0.05, 0.1) is 11.5 Å². The number of methoxy groups -OCH3 is 1. The van der Waals surface area contributed by atoms with E-state index < -0.39 is 10.0 Å². The molecule has 0 fully saturated rings. The molecular formula is C14H24N2O3S. The van der Waals surface area contributed by atoms with Crippen LogP contribution in [0.3, 0.4) is 0 Å². The van der Waals surface area contributed by atoms with E-state index in [2.05, 4.69) is 4.72 Å². The molecule has 3 N–H and O–H groups in total. The molecule has 0 aliphatic carbocycles. The van der Waals surface area contributed by atoms with Gasteiger partial charge >= 0.3 is 0 Å². The molecule has 2 atom stereocenters. The molecule has 1 aromatic rings. The predicted octanol–water partition coefficient (Wildman–Crippen LogP) is 1.66. The first-order valence-electron chi connectivity index (χ1n) is 6.64. The van der Waals surface area contributed by atoms with Crippen molar-refractivity contribution in [2.24, 2.45) is 11.7 Å². The second kappa shape index (κ2) is 7.17. The molecule has 0 amide bonds. The van der Waals surface area contributed by atoms with Crippen LogP contribution in [0, 0.1) is 5.92 Å².